The van der Waals surface area contributed by atoms with Crippen LogP contribution in [0, 0.1) is 0 Å². The molecule has 0 N–H and O–H groups in total. The van der Waals surface area contributed by atoms with E-state index in [0.29, 0.717) is 25.9 Å². The van der Waals surface area contributed by atoms with Crippen LogP contribution in [0.15, 0.2) is 35.2 Å². The van der Waals surface area contributed by atoms with E-state index in [1.165, 1.54) is 24.1 Å². The molecule has 0 spiro atoms. The maximum absolute atomic E-state index is 12.7. The lowest BCUT2D eigenvalue weighted by atomic mass is 10.0. The van der Waals surface area contributed by atoms with Crippen molar-refractivity contribution in [3.05, 3.63) is 30.3 Å². The topological polar surface area (TPSA) is 114 Å². The van der Waals surface area contributed by atoms with Crippen LogP contribution in [0.2, 0.25) is 0 Å². The molecule has 2 aliphatic rings. The summed E-state index contributed by atoms with van der Waals surface area (Å²) in [4.78, 5) is 40.1. The minimum absolute atomic E-state index is 0.0427. The van der Waals surface area contributed by atoms with E-state index < -0.39 is 28.1 Å². The number of hydrogen-bond donors (Lipinski definition) is 0. The zero-order valence-electron chi connectivity index (χ0n) is 17.6. The number of cyclic esters (lactones) is 1. The highest BCUT2D eigenvalue weighted by Gasteiger charge is 2.44. The molecule has 0 saturated carbocycles. The predicted octanol–water partition coefficient (Wildman–Crippen LogP) is 0.682. The summed E-state index contributed by atoms with van der Waals surface area (Å²) in [5.41, 5.74) is 0. The van der Waals surface area contributed by atoms with E-state index in [9.17, 15) is 22.8 Å². The first-order valence-electron chi connectivity index (χ1n) is 10.2. The molecule has 2 heterocycles. The third kappa shape index (κ3) is 4.99. The summed E-state index contributed by atoms with van der Waals surface area (Å²) >= 11 is 0. The fourth-order valence-corrected chi connectivity index (χ4v) is 4.94. The first-order valence-corrected chi connectivity index (χ1v) is 11.6. The average molecular weight is 454 g/mol. The number of amides is 2. The van der Waals surface area contributed by atoms with Crippen LogP contribution in [-0.2, 0) is 29.1 Å². The van der Waals surface area contributed by atoms with Crippen molar-refractivity contribution in [3.63, 3.8) is 0 Å². The molecule has 2 fully saturated rings. The van der Waals surface area contributed by atoms with Gasteiger partial charge >= 0.3 is 12.1 Å². The number of piperidine rings is 1. The van der Waals surface area contributed by atoms with Gasteiger partial charge in [0, 0.05) is 26.2 Å². The smallest absolute Gasteiger partial charge is 0.410 e. The van der Waals surface area contributed by atoms with E-state index in [1.807, 2.05) is 0 Å². The van der Waals surface area contributed by atoms with Gasteiger partial charge in [-0.25, -0.2) is 18.0 Å². The summed E-state index contributed by atoms with van der Waals surface area (Å²) in [6.45, 7) is 2.28. The Morgan fingerprint density at radius 1 is 1.19 bits per heavy atom. The molecule has 0 bridgehead atoms. The maximum atomic E-state index is 12.7. The Kier molecular flexibility index (Phi) is 7.16. The Labute approximate surface area is 181 Å². The lowest BCUT2D eigenvalue weighted by Gasteiger charge is -2.37. The number of likely N-dealkylation sites (tertiary alicyclic amines) is 1. The van der Waals surface area contributed by atoms with Gasteiger partial charge in [0.15, 0.2) is 6.04 Å². The van der Waals surface area contributed by atoms with Crippen LogP contribution in [0.1, 0.15) is 19.8 Å². The predicted molar refractivity (Wildman–Crippen MR) is 109 cm³/mol. The monoisotopic (exact) mass is 453 g/mol. The summed E-state index contributed by atoms with van der Waals surface area (Å²) in [7, 11) is -2.39. The average Bonchev–Trinajstić information content (AvgIpc) is 3.16. The quantitative estimate of drug-likeness (QED) is 0.558. The molecule has 170 valence electrons. The zero-order chi connectivity index (χ0) is 22.6. The van der Waals surface area contributed by atoms with Crippen molar-refractivity contribution in [1.82, 2.24) is 14.1 Å². The number of rotatable bonds is 7. The van der Waals surface area contributed by atoms with Gasteiger partial charge in [-0.05, 0) is 31.9 Å². The molecule has 2 aliphatic heterocycles. The number of hydrogen-bond acceptors (Lipinski definition) is 7. The number of esters is 1. The van der Waals surface area contributed by atoms with Crippen LogP contribution in [0.4, 0.5) is 4.79 Å². The Morgan fingerprint density at radius 2 is 1.84 bits per heavy atom. The first kappa shape index (κ1) is 23.0. The molecule has 2 saturated heterocycles. The van der Waals surface area contributed by atoms with Crippen molar-refractivity contribution in [2.75, 3.05) is 39.9 Å². The lowest BCUT2D eigenvalue weighted by molar-refractivity contribution is -0.149. The Balaban J connectivity index is 1.57. The molecular formula is C20H27N3O7S. The van der Waals surface area contributed by atoms with Crippen LogP contribution in [0.5, 0.6) is 0 Å². The first-order chi connectivity index (χ1) is 14.8. The van der Waals surface area contributed by atoms with Crippen molar-refractivity contribution < 1.29 is 32.3 Å². The molecule has 1 atom stereocenters. The second kappa shape index (κ2) is 9.65. The van der Waals surface area contributed by atoms with Crippen molar-refractivity contribution in [3.8, 4) is 0 Å². The van der Waals surface area contributed by atoms with Gasteiger partial charge in [0.1, 0.15) is 6.61 Å². The molecule has 1 aromatic carbocycles. The molecule has 0 aliphatic carbocycles. The molecule has 0 radical (unpaired) electrons. The third-order valence-electron chi connectivity index (χ3n) is 5.49. The van der Waals surface area contributed by atoms with E-state index in [2.05, 4.69) is 0 Å². The zero-order valence-corrected chi connectivity index (χ0v) is 18.4. The van der Waals surface area contributed by atoms with Crippen LogP contribution in [0.25, 0.3) is 0 Å². The van der Waals surface area contributed by atoms with Gasteiger partial charge in [-0.1, -0.05) is 18.2 Å². The van der Waals surface area contributed by atoms with Crippen LogP contribution >= 0.6 is 0 Å². The SMILES string of the molecule is CCOC(=O)[C@@H]1COC(=O)N1C1CCN(C(=O)CN(C)S(=O)(=O)c2ccccc2)CC1. The van der Waals surface area contributed by atoms with Crippen molar-refractivity contribution in [2.24, 2.45) is 0 Å². The number of likely N-dealkylation sites (N-methyl/N-ethyl adjacent to an activating group) is 1. The number of nitrogens with zero attached hydrogens (tertiary/aromatic N) is 3. The second-order valence-corrected chi connectivity index (χ2v) is 9.48. The van der Waals surface area contributed by atoms with Crippen molar-refractivity contribution in [2.45, 2.75) is 36.7 Å². The van der Waals surface area contributed by atoms with E-state index >= 15 is 0 Å². The number of ether oxygens (including phenoxy) is 2. The standard InChI is InChI=1S/C20H27N3O7S/c1-3-29-19(25)17-14-30-20(26)23(17)15-9-11-22(12-10-15)18(24)13-21(2)31(27,28)16-7-5-4-6-8-16/h4-8,15,17H,3,9-14H2,1-2H3/t17-/m0/s1. The summed E-state index contributed by atoms with van der Waals surface area (Å²) in [5.74, 6) is -0.814. The fourth-order valence-electron chi connectivity index (χ4n) is 3.80. The minimum Gasteiger partial charge on any atom is -0.464 e. The molecule has 0 aromatic heterocycles. The minimum atomic E-state index is -3.76. The molecule has 3 rings (SSSR count). The van der Waals surface area contributed by atoms with E-state index in [1.54, 1.807) is 30.0 Å². The van der Waals surface area contributed by atoms with Gasteiger partial charge in [-0.15, -0.1) is 0 Å². The molecular weight excluding hydrogens is 426 g/mol. The number of carbonyl (C=O) groups excluding carboxylic acids is 3. The van der Waals surface area contributed by atoms with Crippen molar-refractivity contribution in [1.29, 1.82) is 0 Å². The van der Waals surface area contributed by atoms with Gasteiger partial charge in [0.2, 0.25) is 15.9 Å². The fraction of sp³-hybridized carbons (Fsp3) is 0.550. The van der Waals surface area contributed by atoms with Gasteiger partial charge in [-0.2, -0.15) is 4.31 Å². The number of sulfonamides is 1. The molecule has 10 nitrogen and oxygen atoms in total. The normalized spacial score (nSPS) is 20.1. The molecule has 1 aromatic rings. The maximum Gasteiger partial charge on any atom is 0.410 e. The second-order valence-electron chi connectivity index (χ2n) is 7.44. The van der Waals surface area contributed by atoms with E-state index in [-0.39, 0.29) is 36.6 Å². The molecule has 2 amide bonds. The van der Waals surface area contributed by atoms with Gasteiger partial charge in [0.05, 0.1) is 18.0 Å². The number of benzene rings is 1. The van der Waals surface area contributed by atoms with Gasteiger partial charge < -0.3 is 14.4 Å². The third-order valence-corrected chi connectivity index (χ3v) is 7.31. The van der Waals surface area contributed by atoms with Gasteiger partial charge in [0.25, 0.3) is 0 Å². The Morgan fingerprint density at radius 3 is 2.45 bits per heavy atom. The molecule has 31 heavy (non-hydrogen) atoms. The lowest BCUT2D eigenvalue weighted by Crippen LogP contribution is -2.53. The highest BCUT2D eigenvalue weighted by atomic mass is 32.2. The van der Waals surface area contributed by atoms with Crippen LogP contribution in [-0.4, -0.2) is 92.5 Å². The summed E-state index contributed by atoms with van der Waals surface area (Å²) in [6, 6.07) is 6.91. The summed E-state index contributed by atoms with van der Waals surface area (Å²) < 4.78 is 36.3. The highest BCUT2D eigenvalue weighted by Crippen LogP contribution is 2.25. The Hall–Kier alpha value is -2.66. The van der Waals surface area contributed by atoms with E-state index in [0.717, 1.165) is 4.31 Å². The molecule has 11 heteroatoms. The van der Waals surface area contributed by atoms with Crippen molar-refractivity contribution >= 4 is 28.0 Å². The van der Waals surface area contributed by atoms with Crippen LogP contribution < -0.4 is 0 Å². The van der Waals surface area contributed by atoms with E-state index in [4.69, 9.17) is 9.47 Å². The van der Waals surface area contributed by atoms with Gasteiger partial charge in [-0.3, -0.25) is 9.69 Å². The number of carbonyl (C=O) groups is 3. The summed E-state index contributed by atoms with van der Waals surface area (Å²) in [5, 5.41) is 0. The summed E-state index contributed by atoms with van der Waals surface area (Å²) in [6.07, 6.45) is 0.370. The highest BCUT2D eigenvalue weighted by molar-refractivity contribution is 7.89. The van der Waals surface area contributed by atoms with Crippen LogP contribution in [0.3, 0.4) is 0 Å². The Bertz CT molecular complexity index is 914. The largest absolute Gasteiger partial charge is 0.464 e. The molecule has 0 unspecified atom stereocenters.